The maximum atomic E-state index is 12.5. The molecule has 122 valence electrons. The number of nitrogen functional groups attached to an aromatic ring is 1. The zero-order chi connectivity index (χ0) is 16.4. The first-order valence-corrected chi connectivity index (χ1v) is 8.10. The lowest BCUT2D eigenvalue weighted by Crippen LogP contribution is -2.41. The van der Waals surface area contributed by atoms with Crippen molar-refractivity contribution in [2.45, 2.75) is 25.0 Å². The molecular formula is C15H18N4O3S. The van der Waals surface area contributed by atoms with E-state index in [0.717, 1.165) is 17.1 Å². The van der Waals surface area contributed by atoms with Crippen molar-refractivity contribution in [3.8, 4) is 5.75 Å². The molecule has 4 N–H and O–H groups in total. The van der Waals surface area contributed by atoms with Gasteiger partial charge in [-0.05, 0) is 41.9 Å². The summed E-state index contributed by atoms with van der Waals surface area (Å²) in [5, 5.41) is 14.2. The van der Waals surface area contributed by atoms with Crippen LogP contribution in [0.3, 0.4) is 0 Å². The van der Waals surface area contributed by atoms with Gasteiger partial charge in [-0.25, -0.2) is 0 Å². The standard InChI is InChI=1S/C15H18N4O3S/c1-22-11-4-9(5-17-6-11)13(8-2-10(20)3-8)18-15(21)12-7-23-19-14(12)16/h4-8,10,13,20H,2-3H2,1H3,(H2,16,19)(H,18,21)/t8?,10?,13-/m1/s1. The number of nitrogens with one attached hydrogen (secondary N) is 1. The second-order valence-electron chi connectivity index (χ2n) is 5.61. The molecule has 1 amide bonds. The number of aliphatic hydroxyl groups is 1. The Balaban J connectivity index is 1.84. The molecule has 1 fully saturated rings. The van der Waals surface area contributed by atoms with Crippen LogP contribution in [0.4, 0.5) is 5.82 Å². The molecule has 0 spiro atoms. The van der Waals surface area contributed by atoms with Crippen LogP contribution in [0.25, 0.3) is 0 Å². The zero-order valence-electron chi connectivity index (χ0n) is 12.6. The molecule has 1 saturated carbocycles. The Morgan fingerprint density at radius 3 is 2.91 bits per heavy atom. The largest absolute Gasteiger partial charge is 0.495 e. The van der Waals surface area contributed by atoms with E-state index in [0.29, 0.717) is 24.2 Å². The predicted octanol–water partition coefficient (Wildman–Crippen LogP) is 1.37. The van der Waals surface area contributed by atoms with Crippen molar-refractivity contribution in [2.24, 2.45) is 5.92 Å². The number of rotatable bonds is 5. The van der Waals surface area contributed by atoms with E-state index < -0.39 is 0 Å². The highest BCUT2D eigenvalue weighted by Gasteiger charge is 2.36. The van der Waals surface area contributed by atoms with E-state index in [1.54, 1.807) is 24.9 Å². The number of amides is 1. The molecule has 23 heavy (non-hydrogen) atoms. The lowest BCUT2D eigenvalue weighted by molar-refractivity contribution is 0.0234. The highest BCUT2D eigenvalue weighted by atomic mass is 32.1. The van der Waals surface area contributed by atoms with Crippen molar-refractivity contribution >= 4 is 23.3 Å². The van der Waals surface area contributed by atoms with Crippen LogP contribution in [-0.4, -0.2) is 33.6 Å². The predicted molar refractivity (Wildman–Crippen MR) is 86.3 cm³/mol. The maximum Gasteiger partial charge on any atom is 0.256 e. The highest BCUT2D eigenvalue weighted by molar-refractivity contribution is 7.04. The average Bonchev–Trinajstić information content (AvgIpc) is 2.96. The van der Waals surface area contributed by atoms with Gasteiger partial charge in [-0.2, -0.15) is 4.37 Å². The molecular weight excluding hydrogens is 316 g/mol. The van der Waals surface area contributed by atoms with Crippen LogP contribution in [0.1, 0.15) is 34.8 Å². The normalized spacial score (nSPS) is 21.3. The van der Waals surface area contributed by atoms with Crippen LogP contribution < -0.4 is 15.8 Å². The van der Waals surface area contributed by atoms with Crippen LogP contribution in [0.5, 0.6) is 5.75 Å². The van der Waals surface area contributed by atoms with Gasteiger partial charge in [0, 0.05) is 11.6 Å². The number of carbonyl (C=O) groups is 1. The molecule has 1 aliphatic rings. The minimum atomic E-state index is -0.314. The smallest absolute Gasteiger partial charge is 0.256 e. The molecule has 3 rings (SSSR count). The number of aromatic nitrogens is 2. The summed E-state index contributed by atoms with van der Waals surface area (Å²) in [7, 11) is 1.57. The first-order valence-electron chi connectivity index (χ1n) is 7.26. The van der Waals surface area contributed by atoms with Crippen molar-refractivity contribution in [3.63, 3.8) is 0 Å². The summed E-state index contributed by atoms with van der Waals surface area (Å²) in [6, 6.07) is 1.59. The maximum absolute atomic E-state index is 12.5. The van der Waals surface area contributed by atoms with Gasteiger partial charge in [-0.3, -0.25) is 9.78 Å². The topological polar surface area (TPSA) is 110 Å². The van der Waals surface area contributed by atoms with Gasteiger partial charge in [-0.15, -0.1) is 0 Å². The zero-order valence-corrected chi connectivity index (χ0v) is 13.4. The molecule has 0 saturated heterocycles. The van der Waals surface area contributed by atoms with E-state index in [-0.39, 0.29) is 29.8 Å². The number of hydrogen-bond donors (Lipinski definition) is 3. The third kappa shape index (κ3) is 3.27. The summed E-state index contributed by atoms with van der Waals surface area (Å²) in [4.78, 5) is 16.6. The highest BCUT2D eigenvalue weighted by Crippen LogP contribution is 2.38. The van der Waals surface area contributed by atoms with Gasteiger partial charge in [0.2, 0.25) is 0 Å². The van der Waals surface area contributed by atoms with Crippen LogP contribution in [0.2, 0.25) is 0 Å². The number of nitrogens with zero attached hydrogens (tertiary/aromatic N) is 2. The van der Waals surface area contributed by atoms with E-state index in [2.05, 4.69) is 14.7 Å². The number of anilines is 1. The van der Waals surface area contributed by atoms with Crippen LogP contribution in [0.15, 0.2) is 23.8 Å². The summed E-state index contributed by atoms with van der Waals surface area (Å²) in [5.74, 6) is 0.725. The second kappa shape index (κ2) is 6.51. The lowest BCUT2D eigenvalue weighted by Gasteiger charge is -2.38. The molecule has 0 radical (unpaired) electrons. The van der Waals surface area contributed by atoms with E-state index in [1.807, 2.05) is 6.07 Å². The number of hydrogen-bond acceptors (Lipinski definition) is 7. The molecule has 7 nitrogen and oxygen atoms in total. The summed E-state index contributed by atoms with van der Waals surface area (Å²) in [6.07, 6.45) is 4.27. The second-order valence-corrected chi connectivity index (χ2v) is 6.24. The number of aliphatic hydroxyl groups excluding tert-OH is 1. The van der Waals surface area contributed by atoms with Gasteiger partial charge in [0.25, 0.3) is 5.91 Å². The van der Waals surface area contributed by atoms with Crippen molar-refractivity contribution in [1.29, 1.82) is 0 Å². The summed E-state index contributed by atoms with van der Waals surface area (Å²) >= 11 is 1.14. The fourth-order valence-electron chi connectivity index (χ4n) is 2.73. The molecule has 0 aliphatic heterocycles. The Morgan fingerprint density at radius 2 is 2.30 bits per heavy atom. The minimum Gasteiger partial charge on any atom is -0.495 e. The quantitative estimate of drug-likeness (QED) is 0.762. The summed E-state index contributed by atoms with van der Waals surface area (Å²) in [5.41, 5.74) is 6.93. The van der Waals surface area contributed by atoms with Gasteiger partial charge >= 0.3 is 0 Å². The number of ether oxygens (including phenoxy) is 1. The number of methoxy groups -OCH3 is 1. The molecule has 2 aromatic heterocycles. The third-order valence-electron chi connectivity index (χ3n) is 4.08. The van der Waals surface area contributed by atoms with Gasteiger partial charge in [0.1, 0.15) is 11.6 Å². The molecule has 0 unspecified atom stereocenters. The van der Waals surface area contributed by atoms with Crippen molar-refractivity contribution in [1.82, 2.24) is 14.7 Å². The average molecular weight is 334 g/mol. The fraction of sp³-hybridized carbons (Fsp3) is 0.400. The molecule has 2 aromatic rings. The van der Waals surface area contributed by atoms with E-state index in [4.69, 9.17) is 10.5 Å². The van der Waals surface area contributed by atoms with Crippen LogP contribution in [-0.2, 0) is 0 Å². The van der Waals surface area contributed by atoms with E-state index in [9.17, 15) is 9.90 Å². The van der Waals surface area contributed by atoms with Crippen molar-refractivity contribution in [3.05, 3.63) is 35.0 Å². The molecule has 0 aromatic carbocycles. The third-order valence-corrected chi connectivity index (χ3v) is 4.72. The Morgan fingerprint density at radius 1 is 1.52 bits per heavy atom. The Kier molecular flexibility index (Phi) is 4.44. The van der Waals surface area contributed by atoms with Crippen LogP contribution in [0, 0.1) is 5.92 Å². The number of nitrogens with two attached hydrogens (primary N) is 1. The number of carbonyl (C=O) groups excluding carboxylic acids is 1. The Bertz CT molecular complexity index is 700. The molecule has 1 aliphatic carbocycles. The minimum absolute atomic E-state index is 0.149. The molecule has 0 bridgehead atoms. The Labute approximate surface area is 137 Å². The van der Waals surface area contributed by atoms with Gasteiger partial charge < -0.3 is 20.9 Å². The SMILES string of the molecule is COc1cncc([C@H](NC(=O)c2csnc2N)C2CC(O)C2)c1. The van der Waals surface area contributed by atoms with Crippen molar-refractivity contribution < 1.29 is 14.6 Å². The fourth-order valence-corrected chi connectivity index (χ4v) is 3.32. The Hall–Kier alpha value is -2.19. The molecule has 2 heterocycles. The summed E-state index contributed by atoms with van der Waals surface area (Å²) < 4.78 is 9.12. The lowest BCUT2D eigenvalue weighted by atomic mass is 9.75. The van der Waals surface area contributed by atoms with Gasteiger partial charge in [-0.1, -0.05) is 0 Å². The molecule has 1 atom stereocenters. The van der Waals surface area contributed by atoms with E-state index >= 15 is 0 Å². The first-order chi connectivity index (χ1) is 11.1. The first kappa shape index (κ1) is 15.7. The number of pyridine rings is 1. The monoisotopic (exact) mass is 334 g/mol. The van der Waals surface area contributed by atoms with E-state index in [1.165, 1.54) is 0 Å². The molecule has 8 heteroatoms. The van der Waals surface area contributed by atoms with Crippen LogP contribution >= 0.6 is 11.5 Å². The van der Waals surface area contributed by atoms with Gasteiger partial charge in [0.15, 0.2) is 0 Å². The van der Waals surface area contributed by atoms with Gasteiger partial charge in [0.05, 0.1) is 31.0 Å². The van der Waals surface area contributed by atoms with Crippen molar-refractivity contribution in [2.75, 3.05) is 12.8 Å². The summed E-state index contributed by atoms with van der Waals surface area (Å²) in [6.45, 7) is 0.